The summed E-state index contributed by atoms with van der Waals surface area (Å²) in [5, 5.41) is 16.4. The van der Waals surface area contributed by atoms with E-state index in [1.807, 2.05) is 0 Å². The molecule has 0 aromatic carbocycles. The Labute approximate surface area is 108 Å². The molecule has 3 N–H and O–H groups in total. The van der Waals surface area contributed by atoms with Gasteiger partial charge in [0.2, 0.25) is 12.3 Å². The summed E-state index contributed by atoms with van der Waals surface area (Å²) in [6.45, 7) is 1.64. The van der Waals surface area contributed by atoms with E-state index in [1.165, 1.54) is 0 Å². The third-order valence-corrected chi connectivity index (χ3v) is 2.12. The molecule has 1 rings (SSSR count). The fourth-order valence-electron chi connectivity index (χ4n) is 1.34. The fraction of sp³-hybridized carbons (Fsp3) is 0.500. The molecule has 104 valence electrons. The van der Waals surface area contributed by atoms with Crippen LogP contribution in [-0.4, -0.2) is 33.2 Å². The molecule has 0 fully saturated rings. The number of carboxylic acid groups (broad SMARTS) is 1. The van der Waals surface area contributed by atoms with Gasteiger partial charge in [0.05, 0.1) is 6.54 Å². The summed E-state index contributed by atoms with van der Waals surface area (Å²) in [7, 11) is 0. The molecule has 0 radical (unpaired) electrons. The quantitative estimate of drug-likeness (QED) is 0.656. The Bertz CT molecular complexity index is 445. The van der Waals surface area contributed by atoms with Crippen molar-refractivity contribution in [3.8, 4) is 0 Å². The standard InChI is InChI=1S/C10H14N4O5/c1-6(3-9(16)17)2-8(15)13-10(18)11-4-7-12-5-19-14-7/h5-6H,2-4H2,1H3,(H,16,17)(H2,11,13,15,18). The topological polar surface area (TPSA) is 134 Å². The van der Waals surface area contributed by atoms with Crippen LogP contribution in [0.5, 0.6) is 0 Å². The Morgan fingerprint density at radius 3 is 2.74 bits per heavy atom. The molecular formula is C10H14N4O5. The molecule has 0 aliphatic heterocycles. The number of imide groups is 1. The summed E-state index contributed by atoms with van der Waals surface area (Å²) in [5.74, 6) is -1.59. The normalized spacial score (nSPS) is 11.6. The van der Waals surface area contributed by atoms with Crippen molar-refractivity contribution in [2.75, 3.05) is 0 Å². The maximum absolute atomic E-state index is 11.4. The average molecular weight is 270 g/mol. The van der Waals surface area contributed by atoms with Crippen LogP contribution in [-0.2, 0) is 16.1 Å². The minimum Gasteiger partial charge on any atom is -0.481 e. The van der Waals surface area contributed by atoms with Crippen molar-refractivity contribution in [2.45, 2.75) is 26.3 Å². The second-order valence-corrected chi connectivity index (χ2v) is 3.99. The van der Waals surface area contributed by atoms with Crippen molar-refractivity contribution >= 4 is 17.9 Å². The molecule has 0 saturated carbocycles. The van der Waals surface area contributed by atoms with Crippen LogP contribution >= 0.6 is 0 Å². The molecule has 9 heteroatoms. The lowest BCUT2D eigenvalue weighted by Crippen LogP contribution is -2.39. The van der Waals surface area contributed by atoms with Crippen LogP contribution in [0.2, 0.25) is 0 Å². The van der Waals surface area contributed by atoms with Crippen LogP contribution < -0.4 is 10.6 Å². The van der Waals surface area contributed by atoms with Crippen molar-refractivity contribution < 1.29 is 24.0 Å². The fourth-order valence-corrected chi connectivity index (χ4v) is 1.34. The van der Waals surface area contributed by atoms with E-state index in [0.29, 0.717) is 0 Å². The molecule has 1 aromatic heterocycles. The highest BCUT2D eigenvalue weighted by Crippen LogP contribution is 2.06. The van der Waals surface area contributed by atoms with E-state index in [2.05, 4.69) is 25.3 Å². The van der Waals surface area contributed by atoms with Gasteiger partial charge < -0.3 is 14.9 Å². The summed E-state index contributed by atoms with van der Waals surface area (Å²) in [5.41, 5.74) is 0. The second-order valence-electron chi connectivity index (χ2n) is 3.99. The van der Waals surface area contributed by atoms with Gasteiger partial charge in [0.25, 0.3) is 0 Å². The molecule has 1 heterocycles. The van der Waals surface area contributed by atoms with Gasteiger partial charge in [0.1, 0.15) is 0 Å². The molecule has 0 aliphatic rings. The SMILES string of the molecule is CC(CC(=O)O)CC(=O)NC(=O)NCc1ncon1. The molecule has 3 amide bonds. The highest BCUT2D eigenvalue weighted by Gasteiger charge is 2.14. The van der Waals surface area contributed by atoms with E-state index < -0.39 is 17.9 Å². The van der Waals surface area contributed by atoms with Crippen molar-refractivity contribution in [1.29, 1.82) is 0 Å². The molecule has 1 unspecified atom stereocenters. The van der Waals surface area contributed by atoms with E-state index in [1.54, 1.807) is 6.92 Å². The van der Waals surface area contributed by atoms with E-state index >= 15 is 0 Å². The van der Waals surface area contributed by atoms with Gasteiger partial charge in [-0.2, -0.15) is 4.98 Å². The summed E-state index contributed by atoms with van der Waals surface area (Å²) in [6.07, 6.45) is 0.952. The van der Waals surface area contributed by atoms with Gasteiger partial charge >= 0.3 is 12.0 Å². The first kappa shape index (κ1) is 14.6. The Hall–Kier alpha value is -2.45. The van der Waals surface area contributed by atoms with E-state index in [4.69, 9.17) is 5.11 Å². The molecule has 0 saturated heterocycles. The lowest BCUT2D eigenvalue weighted by Gasteiger charge is -2.08. The van der Waals surface area contributed by atoms with Crippen LogP contribution in [0, 0.1) is 5.92 Å². The number of rotatable bonds is 6. The zero-order valence-electron chi connectivity index (χ0n) is 10.3. The molecule has 1 aromatic rings. The minimum atomic E-state index is -0.984. The number of urea groups is 1. The summed E-state index contributed by atoms with van der Waals surface area (Å²) >= 11 is 0. The van der Waals surface area contributed by atoms with Gasteiger partial charge in [-0.25, -0.2) is 4.79 Å². The third-order valence-electron chi connectivity index (χ3n) is 2.12. The number of carboxylic acids is 1. The smallest absolute Gasteiger partial charge is 0.321 e. The van der Waals surface area contributed by atoms with Gasteiger partial charge in [-0.3, -0.25) is 14.9 Å². The van der Waals surface area contributed by atoms with Crippen LogP contribution in [0.4, 0.5) is 4.79 Å². The Kier molecular flexibility index (Phi) is 5.45. The Balaban J connectivity index is 2.24. The molecule has 1 atom stereocenters. The molecular weight excluding hydrogens is 256 g/mol. The first-order valence-corrected chi connectivity index (χ1v) is 5.52. The first-order chi connectivity index (χ1) is 8.97. The Morgan fingerprint density at radius 2 is 2.16 bits per heavy atom. The van der Waals surface area contributed by atoms with E-state index in [-0.39, 0.29) is 31.1 Å². The van der Waals surface area contributed by atoms with Crippen LogP contribution in [0.15, 0.2) is 10.9 Å². The number of nitrogens with zero attached hydrogens (tertiary/aromatic N) is 2. The number of aromatic nitrogens is 2. The average Bonchev–Trinajstić information content (AvgIpc) is 2.77. The van der Waals surface area contributed by atoms with Gasteiger partial charge in [-0.1, -0.05) is 12.1 Å². The highest BCUT2D eigenvalue weighted by atomic mass is 16.5. The number of hydrogen-bond donors (Lipinski definition) is 3. The van der Waals surface area contributed by atoms with Gasteiger partial charge in [0, 0.05) is 12.8 Å². The van der Waals surface area contributed by atoms with E-state index in [9.17, 15) is 14.4 Å². The zero-order chi connectivity index (χ0) is 14.3. The number of aliphatic carboxylic acids is 1. The van der Waals surface area contributed by atoms with Gasteiger partial charge in [-0.15, -0.1) is 0 Å². The first-order valence-electron chi connectivity index (χ1n) is 5.52. The lowest BCUT2D eigenvalue weighted by atomic mass is 10.0. The van der Waals surface area contributed by atoms with Crippen molar-refractivity contribution in [1.82, 2.24) is 20.8 Å². The molecule has 0 spiro atoms. The van der Waals surface area contributed by atoms with Crippen molar-refractivity contribution in [2.24, 2.45) is 5.92 Å². The molecule has 0 bridgehead atoms. The number of nitrogens with one attached hydrogen (secondary N) is 2. The van der Waals surface area contributed by atoms with Crippen LogP contribution in [0.3, 0.4) is 0 Å². The maximum Gasteiger partial charge on any atom is 0.321 e. The number of carbonyl (C=O) groups excluding carboxylic acids is 2. The molecule has 19 heavy (non-hydrogen) atoms. The number of carbonyl (C=O) groups is 3. The third kappa shape index (κ3) is 6.15. The van der Waals surface area contributed by atoms with Crippen molar-refractivity contribution in [3.63, 3.8) is 0 Å². The number of amides is 3. The maximum atomic E-state index is 11.4. The summed E-state index contributed by atoms with van der Waals surface area (Å²) in [6, 6.07) is -0.697. The lowest BCUT2D eigenvalue weighted by molar-refractivity contribution is -0.138. The predicted molar refractivity (Wildman–Crippen MR) is 60.7 cm³/mol. The van der Waals surface area contributed by atoms with Gasteiger partial charge in [0.15, 0.2) is 5.82 Å². The molecule has 9 nitrogen and oxygen atoms in total. The summed E-state index contributed by atoms with van der Waals surface area (Å²) < 4.78 is 4.46. The second kappa shape index (κ2) is 7.09. The monoisotopic (exact) mass is 270 g/mol. The van der Waals surface area contributed by atoms with Gasteiger partial charge in [-0.05, 0) is 5.92 Å². The largest absolute Gasteiger partial charge is 0.481 e. The van der Waals surface area contributed by atoms with E-state index in [0.717, 1.165) is 6.39 Å². The Morgan fingerprint density at radius 1 is 1.42 bits per heavy atom. The highest BCUT2D eigenvalue weighted by molar-refractivity contribution is 5.94. The summed E-state index contributed by atoms with van der Waals surface area (Å²) in [4.78, 5) is 36.8. The predicted octanol–water partition coefficient (Wildman–Crippen LogP) is -0.104. The molecule has 0 aliphatic carbocycles. The minimum absolute atomic E-state index is 0.0281. The van der Waals surface area contributed by atoms with Crippen LogP contribution in [0.25, 0.3) is 0 Å². The number of hydrogen-bond acceptors (Lipinski definition) is 6. The van der Waals surface area contributed by atoms with Crippen molar-refractivity contribution in [3.05, 3.63) is 12.2 Å². The van der Waals surface area contributed by atoms with Crippen LogP contribution in [0.1, 0.15) is 25.6 Å². The zero-order valence-corrected chi connectivity index (χ0v) is 10.3.